The fourth-order valence-electron chi connectivity index (χ4n) is 2.85. The molecule has 2 heterocycles. The van der Waals surface area contributed by atoms with E-state index in [2.05, 4.69) is 15.5 Å². The van der Waals surface area contributed by atoms with Crippen molar-refractivity contribution in [3.8, 4) is 28.7 Å². The molecule has 0 saturated carbocycles. The average molecular weight is 409 g/mol. The van der Waals surface area contributed by atoms with Crippen LogP contribution >= 0.6 is 11.6 Å². The number of amides is 1. The molecule has 146 valence electrons. The minimum atomic E-state index is -0.187. The second-order valence-corrected chi connectivity index (χ2v) is 6.67. The van der Waals surface area contributed by atoms with Gasteiger partial charge in [0.25, 0.3) is 5.89 Å². The van der Waals surface area contributed by atoms with Gasteiger partial charge in [-0.05, 0) is 48.5 Å². The Balaban J connectivity index is 1.50. The van der Waals surface area contributed by atoms with Crippen LogP contribution in [0.5, 0.6) is 5.75 Å². The molecule has 0 aliphatic carbocycles. The first kappa shape index (κ1) is 18.8. The zero-order valence-electron chi connectivity index (χ0n) is 15.5. The predicted molar refractivity (Wildman–Crippen MR) is 110 cm³/mol. The number of halogens is 1. The first-order valence-corrected chi connectivity index (χ1v) is 9.19. The highest BCUT2D eigenvalue weighted by molar-refractivity contribution is 6.30. The van der Waals surface area contributed by atoms with E-state index in [1.165, 1.54) is 0 Å². The minimum absolute atomic E-state index is 0.0954. The van der Waals surface area contributed by atoms with Crippen LogP contribution in [0.1, 0.15) is 0 Å². The van der Waals surface area contributed by atoms with Gasteiger partial charge in [0.1, 0.15) is 18.0 Å². The maximum atomic E-state index is 12.5. The molecule has 4 aromatic rings. The van der Waals surface area contributed by atoms with E-state index in [9.17, 15) is 4.79 Å². The second-order valence-electron chi connectivity index (χ2n) is 6.23. The van der Waals surface area contributed by atoms with Gasteiger partial charge >= 0.3 is 0 Å². The number of rotatable bonds is 6. The molecule has 0 radical (unpaired) electrons. The van der Waals surface area contributed by atoms with E-state index in [-0.39, 0.29) is 12.5 Å². The lowest BCUT2D eigenvalue weighted by Crippen LogP contribution is -2.18. The Morgan fingerprint density at radius 2 is 2.00 bits per heavy atom. The third kappa shape index (κ3) is 4.30. The Morgan fingerprint density at radius 3 is 2.79 bits per heavy atom. The third-order valence-corrected chi connectivity index (χ3v) is 4.50. The largest absolute Gasteiger partial charge is 0.497 e. The number of methoxy groups -OCH3 is 1. The second kappa shape index (κ2) is 8.20. The van der Waals surface area contributed by atoms with Crippen LogP contribution in [-0.4, -0.2) is 27.7 Å². The molecular formula is C21H17ClN4O3. The number of hydrogen-bond acceptors (Lipinski definition) is 5. The molecule has 8 heteroatoms. The van der Waals surface area contributed by atoms with Gasteiger partial charge in [-0.3, -0.25) is 4.79 Å². The van der Waals surface area contributed by atoms with E-state index in [0.29, 0.717) is 33.9 Å². The highest BCUT2D eigenvalue weighted by Crippen LogP contribution is 2.24. The van der Waals surface area contributed by atoms with Gasteiger partial charge in [-0.1, -0.05) is 22.8 Å². The topological polar surface area (TPSA) is 82.2 Å². The van der Waals surface area contributed by atoms with E-state index in [1.807, 2.05) is 36.4 Å². The standard InChI is InChI=1S/C21H17ClN4O3/c1-28-17-5-2-4-16(12-17)23-19(27)13-26-11-3-6-18(26)21-24-20(25-29-21)14-7-9-15(22)10-8-14/h2-12H,13H2,1H3,(H,23,27). The minimum Gasteiger partial charge on any atom is -0.497 e. The number of carbonyl (C=O) groups excluding carboxylic acids is 1. The van der Waals surface area contributed by atoms with Crippen molar-refractivity contribution in [1.29, 1.82) is 0 Å². The van der Waals surface area contributed by atoms with Crippen LogP contribution < -0.4 is 10.1 Å². The van der Waals surface area contributed by atoms with E-state index in [4.69, 9.17) is 20.9 Å². The van der Waals surface area contributed by atoms with Crippen molar-refractivity contribution in [2.45, 2.75) is 6.54 Å². The summed E-state index contributed by atoms with van der Waals surface area (Å²) in [5.74, 6) is 1.26. The Kier molecular flexibility index (Phi) is 5.31. The monoisotopic (exact) mass is 408 g/mol. The molecule has 0 spiro atoms. The van der Waals surface area contributed by atoms with Gasteiger partial charge in [0, 0.05) is 28.5 Å². The molecule has 0 aliphatic heterocycles. The van der Waals surface area contributed by atoms with Crippen molar-refractivity contribution in [2.24, 2.45) is 0 Å². The molecule has 0 saturated heterocycles. The van der Waals surface area contributed by atoms with E-state index in [0.717, 1.165) is 5.56 Å². The van der Waals surface area contributed by atoms with Crippen molar-refractivity contribution >= 4 is 23.2 Å². The Hall–Kier alpha value is -3.58. The number of nitrogens with zero attached hydrogens (tertiary/aromatic N) is 3. The summed E-state index contributed by atoms with van der Waals surface area (Å²) in [5.41, 5.74) is 2.10. The number of benzene rings is 2. The first-order valence-electron chi connectivity index (χ1n) is 8.81. The predicted octanol–water partition coefficient (Wildman–Crippen LogP) is 4.51. The molecule has 2 aromatic heterocycles. The quantitative estimate of drug-likeness (QED) is 0.507. The average Bonchev–Trinajstić information content (AvgIpc) is 3.38. The highest BCUT2D eigenvalue weighted by atomic mass is 35.5. The fourth-order valence-corrected chi connectivity index (χ4v) is 2.97. The molecule has 4 rings (SSSR count). The van der Waals surface area contributed by atoms with Crippen molar-refractivity contribution in [1.82, 2.24) is 14.7 Å². The summed E-state index contributed by atoms with van der Waals surface area (Å²) in [6, 6.07) is 18.0. The number of carbonyl (C=O) groups is 1. The number of aromatic nitrogens is 3. The third-order valence-electron chi connectivity index (χ3n) is 4.24. The molecule has 2 aromatic carbocycles. The Morgan fingerprint density at radius 1 is 1.17 bits per heavy atom. The van der Waals surface area contributed by atoms with Crippen LogP contribution in [0, 0.1) is 0 Å². The summed E-state index contributed by atoms with van der Waals surface area (Å²) in [6.45, 7) is 0.0954. The summed E-state index contributed by atoms with van der Waals surface area (Å²) in [4.78, 5) is 16.9. The van der Waals surface area contributed by atoms with E-state index < -0.39 is 0 Å². The Labute approximate surface area is 171 Å². The van der Waals surface area contributed by atoms with Crippen molar-refractivity contribution in [3.05, 3.63) is 71.9 Å². The van der Waals surface area contributed by atoms with Crippen LogP contribution in [0.2, 0.25) is 5.02 Å². The van der Waals surface area contributed by atoms with Gasteiger partial charge < -0.3 is 19.1 Å². The van der Waals surface area contributed by atoms with Crippen molar-refractivity contribution in [3.63, 3.8) is 0 Å². The molecule has 1 N–H and O–H groups in total. The molecule has 0 unspecified atom stereocenters. The summed E-state index contributed by atoms with van der Waals surface area (Å²) in [5, 5.41) is 7.51. The fraction of sp³-hybridized carbons (Fsp3) is 0.0952. The van der Waals surface area contributed by atoms with Gasteiger partial charge in [-0.2, -0.15) is 4.98 Å². The van der Waals surface area contributed by atoms with Crippen LogP contribution in [0.3, 0.4) is 0 Å². The lowest BCUT2D eigenvalue weighted by Gasteiger charge is -2.09. The molecule has 0 aliphatic rings. The highest BCUT2D eigenvalue weighted by Gasteiger charge is 2.15. The normalized spacial score (nSPS) is 10.7. The molecule has 7 nitrogen and oxygen atoms in total. The summed E-state index contributed by atoms with van der Waals surface area (Å²) >= 11 is 5.92. The van der Waals surface area contributed by atoms with E-state index >= 15 is 0 Å². The summed E-state index contributed by atoms with van der Waals surface area (Å²) < 4.78 is 12.3. The van der Waals surface area contributed by atoms with E-state index in [1.54, 1.807) is 42.1 Å². The van der Waals surface area contributed by atoms with Crippen molar-refractivity contribution in [2.75, 3.05) is 12.4 Å². The molecule has 0 fully saturated rings. The molecular weight excluding hydrogens is 392 g/mol. The zero-order chi connectivity index (χ0) is 20.2. The van der Waals surface area contributed by atoms with Gasteiger partial charge in [-0.25, -0.2) is 0 Å². The number of ether oxygens (including phenoxy) is 1. The van der Waals surface area contributed by atoms with Gasteiger partial charge in [-0.15, -0.1) is 0 Å². The SMILES string of the molecule is COc1cccc(NC(=O)Cn2cccc2-c2nc(-c3ccc(Cl)cc3)no2)c1. The Bertz CT molecular complexity index is 1130. The summed E-state index contributed by atoms with van der Waals surface area (Å²) in [7, 11) is 1.58. The molecule has 0 atom stereocenters. The molecule has 1 amide bonds. The van der Waals surface area contributed by atoms with Crippen molar-refractivity contribution < 1.29 is 14.1 Å². The van der Waals surface area contributed by atoms with Crippen LogP contribution in [0.25, 0.3) is 23.0 Å². The zero-order valence-corrected chi connectivity index (χ0v) is 16.3. The number of anilines is 1. The lowest BCUT2D eigenvalue weighted by atomic mass is 10.2. The van der Waals surface area contributed by atoms with Crippen LogP contribution in [0.4, 0.5) is 5.69 Å². The van der Waals surface area contributed by atoms with Gasteiger partial charge in [0.05, 0.1) is 7.11 Å². The van der Waals surface area contributed by atoms with Gasteiger partial charge in [0.2, 0.25) is 11.7 Å². The number of hydrogen-bond donors (Lipinski definition) is 1. The lowest BCUT2D eigenvalue weighted by molar-refractivity contribution is -0.116. The van der Waals surface area contributed by atoms with Crippen LogP contribution in [0.15, 0.2) is 71.4 Å². The van der Waals surface area contributed by atoms with Crippen LogP contribution in [-0.2, 0) is 11.3 Å². The first-order chi connectivity index (χ1) is 14.1. The maximum Gasteiger partial charge on any atom is 0.274 e. The smallest absolute Gasteiger partial charge is 0.274 e. The molecule has 29 heavy (non-hydrogen) atoms. The number of nitrogens with one attached hydrogen (secondary N) is 1. The summed E-state index contributed by atoms with van der Waals surface area (Å²) in [6.07, 6.45) is 1.78. The molecule has 0 bridgehead atoms. The van der Waals surface area contributed by atoms with Gasteiger partial charge in [0.15, 0.2) is 0 Å². The maximum absolute atomic E-state index is 12.5.